The van der Waals surface area contributed by atoms with E-state index in [0.29, 0.717) is 17.9 Å². The van der Waals surface area contributed by atoms with E-state index in [0.717, 1.165) is 23.9 Å². The Kier molecular flexibility index (Phi) is 6.87. The maximum absolute atomic E-state index is 12.0. The van der Waals surface area contributed by atoms with Crippen LogP contribution in [-0.2, 0) is 0 Å². The van der Waals surface area contributed by atoms with Crippen LogP contribution in [0, 0.1) is 0 Å². The van der Waals surface area contributed by atoms with Crippen LogP contribution in [0.3, 0.4) is 0 Å². The Morgan fingerprint density at radius 1 is 1.37 bits per heavy atom. The summed E-state index contributed by atoms with van der Waals surface area (Å²) in [6.45, 7) is 1.73. The van der Waals surface area contributed by atoms with E-state index < -0.39 is 0 Å². The number of unbranched alkanes of at least 4 members (excludes halogenated alkanes) is 1. The zero-order valence-corrected chi connectivity index (χ0v) is 13.3. The molecule has 0 fully saturated rings. The van der Waals surface area contributed by atoms with Gasteiger partial charge < -0.3 is 15.0 Å². The van der Waals surface area contributed by atoms with Crippen molar-refractivity contribution in [2.75, 3.05) is 34.3 Å². The molecule has 0 spiro atoms. The first-order chi connectivity index (χ1) is 9.04. The van der Waals surface area contributed by atoms with Crippen molar-refractivity contribution in [1.82, 2.24) is 10.2 Å². The van der Waals surface area contributed by atoms with Crippen LogP contribution < -0.4 is 10.1 Å². The van der Waals surface area contributed by atoms with Gasteiger partial charge in [0.2, 0.25) is 0 Å². The zero-order valence-electron chi connectivity index (χ0n) is 11.7. The maximum Gasteiger partial charge on any atom is 0.252 e. The van der Waals surface area contributed by atoms with Gasteiger partial charge in [0, 0.05) is 11.0 Å². The normalized spacial score (nSPS) is 10.6. The molecule has 1 amide bonds. The van der Waals surface area contributed by atoms with E-state index in [1.165, 1.54) is 0 Å². The molecule has 0 heterocycles. The lowest BCUT2D eigenvalue weighted by atomic mass is 10.2. The highest BCUT2D eigenvalue weighted by atomic mass is 79.9. The fraction of sp³-hybridized carbons (Fsp3) is 0.500. The minimum absolute atomic E-state index is 0.0735. The highest BCUT2D eigenvalue weighted by molar-refractivity contribution is 9.10. The summed E-state index contributed by atoms with van der Waals surface area (Å²) in [4.78, 5) is 14.2. The monoisotopic (exact) mass is 328 g/mol. The Bertz CT molecular complexity index is 422. The number of nitrogens with zero attached hydrogens (tertiary/aromatic N) is 1. The van der Waals surface area contributed by atoms with Gasteiger partial charge in [-0.2, -0.15) is 0 Å². The second kappa shape index (κ2) is 8.17. The Morgan fingerprint density at radius 3 is 2.74 bits per heavy atom. The number of ether oxygens (including phenoxy) is 1. The number of carbonyl (C=O) groups excluding carboxylic acids is 1. The number of hydrogen-bond acceptors (Lipinski definition) is 3. The lowest BCUT2D eigenvalue weighted by molar-refractivity contribution is 0.0951. The number of nitrogens with one attached hydrogen (secondary N) is 1. The predicted molar refractivity (Wildman–Crippen MR) is 80.8 cm³/mol. The van der Waals surface area contributed by atoms with Crippen molar-refractivity contribution in [3.05, 3.63) is 28.2 Å². The smallest absolute Gasteiger partial charge is 0.252 e. The van der Waals surface area contributed by atoms with Gasteiger partial charge in [-0.3, -0.25) is 4.79 Å². The molecule has 0 radical (unpaired) electrons. The average Bonchev–Trinajstić information content (AvgIpc) is 2.38. The van der Waals surface area contributed by atoms with Crippen molar-refractivity contribution in [2.45, 2.75) is 12.8 Å². The zero-order chi connectivity index (χ0) is 14.3. The Balaban J connectivity index is 2.45. The molecule has 0 aliphatic carbocycles. The fourth-order valence-corrected chi connectivity index (χ4v) is 2.08. The van der Waals surface area contributed by atoms with Gasteiger partial charge in [-0.25, -0.2) is 0 Å². The van der Waals surface area contributed by atoms with Gasteiger partial charge in [-0.15, -0.1) is 0 Å². The van der Waals surface area contributed by atoms with E-state index in [9.17, 15) is 4.79 Å². The maximum atomic E-state index is 12.0. The van der Waals surface area contributed by atoms with Crippen molar-refractivity contribution in [3.63, 3.8) is 0 Å². The third-order valence-corrected chi connectivity index (χ3v) is 3.43. The van der Waals surface area contributed by atoms with E-state index in [-0.39, 0.29) is 5.91 Å². The molecule has 19 heavy (non-hydrogen) atoms. The van der Waals surface area contributed by atoms with Gasteiger partial charge >= 0.3 is 0 Å². The van der Waals surface area contributed by atoms with Crippen molar-refractivity contribution in [2.24, 2.45) is 0 Å². The molecule has 0 atom stereocenters. The predicted octanol–water partition coefficient (Wildman–Crippen LogP) is 2.53. The first-order valence-electron chi connectivity index (χ1n) is 6.31. The number of hydrogen-bond donors (Lipinski definition) is 1. The Morgan fingerprint density at radius 2 is 2.11 bits per heavy atom. The highest BCUT2D eigenvalue weighted by Gasteiger charge is 2.10. The summed E-state index contributed by atoms with van der Waals surface area (Å²) in [5.74, 6) is 0.608. The molecule has 0 aliphatic rings. The second-order valence-electron chi connectivity index (χ2n) is 4.61. The van der Waals surface area contributed by atoms with Crippen molar-refractivity contribution in [1.29, 1.82) is 0 Å². The van der Waals surface area contributed by atoms with Crippen LogP contribution >= 0.6 is 15.9 Å². The molecule has 1 N–H and O–H groups in total. The molecule has 106 valence electrons. The van der Waals surface area contributed by atoms with Crippen LogP contribution in [0.4, 0.5) is 0 Å². The molecular formula is C14H21BrN2O2. The van der Waals surface area contributed by atoms with Crippen molar-refractivity contribution >= 4 is 21.8 Å². The van der Waals surface area contributed by atoms with Crippen LogP contribution in [-0.4, -0.2) is 45.1 Å². The van der Waals surface area contributed by atoms with E-state index in [1.54, 1.807) is 13.2 Å². The van der Waals surface area contributed by atoms with Crippen LogP contribution in [0.15, 0.2) is 22.7 Å². The van der Waals surface area contributed by atoms with E-state index in [2.05, 4.69) is 26.1 Å². The molecule has 1 aromatic carbocycles. The van der Waals surface area contributed by atoms with Crippen LogP contribution in [0.5, 0.6) is 5.75 Å². The third-order valence-electron chi connectivity index (χ3n) is 2.74. The lowest BCUT2D eigenvalue weighted by Gasteiger charge is -2.10. The molecule has 0 saturated carbocycles. The molecule has 1 aromatic rings. The van der Waals surface area contributed by atoms with Gasteiger partial charge in [0.25, 0.3) is 5.91 Å². The van der Waals surface area contributed by atoms with Gasteiger partial charge in [0.05, 0.1) is 12.7 Å². The lowest BCUT2D eigenvalue weighted by Crippen LogP contribution is -2.25. The minimum atomic E-state index is -0.0735. The summed E-state index contributed by atoms with van der Waals surface area (Å²) >= 11 is 3.38. The van der Waals surface area contributed by atoms with Gasteiger partial charge in [-0.1, -0.05) is 0 Å². The van der Waals surface area contributed by atoms with E-state index >= 15 is 0 Å². The van der Waals surface area contributed by atoms with Crippen molar-refractivity contribution < 1.29 is 9.53 Å². The summed E-state index contributed by atoms with van der Waals surface area (Å²) in [6, 6.07) is 5.37. The van der Waals surface area contributed by atoms with Gasteiger partial charge in [0.1, 0.15) is 5.75 Å². The molecule has 5 heteroatoms. The summed E-state index contributed by atoms with van der Waals surface area (Å²) in [5.41, 5.74) is 0.604. The molecular weight excluding hydrogens is 308 g/mol. The molecule has 0 bridgehead atoms. The molecule has 1 rings (SSSR count). The first-order valence-corrected chi connectivity index (χ1v) is 7.10. The standard InChI is InChI=1S/C14H21BrN2O2/c1-17(2)9-5-4-8-16-14(18)12-10-11(19-3)6-7-13(12)15/h6-7,10H,4-5,8-9H2,1-3H3,(H,16,18). The topological polar surface area (TPSA) is 41.6 Å². The van der Waals surface area contributed by atoms with Crippen molar-refractivity contribution in [3.8, 4) is 5.75 Å². The number of carbonyl (C=O) groups is 1. The SMILES string of the molecule is COc1ccc(Br)c(C(=O)NCCCCN(C)C)c1. The fourth-order valence-electron chi connectivity index (χ4n) is 1.66. The van der Waals surface area contributed by atoms with Gasteiger partial charge in [-0.05, 0) is 67.6 Å². The Labute approximate surface area is 123 Å². The molecule has 0 saturated heterocycles. The second-order valence-corrected chi connectivity index (χ2v) is 5.47. The van der Waals surface area contributed by atoms with Crippen LogP contribution in [0.1, 0.15) is 23.2 Å². The largest absolute Gasteiger partial charge is 0.497 e. The minimum Gasteiger partial charge on any atom is -0.497 e. The average molecular weight is 329 g/mol. The number of methoxy groups -OCH3 is 1. The summed E-state index contributed by atoms with van der Waals surface area (Å²) in [5, 5.41) is 2.92. The molecule has 0 aromatic heterocycles. The number of amides is 1. The summed E-state index contributed by atoms with van der Waals surface area (Å²) in [6.07, 6.45) is 2.05. The molecule has 4 nitrogen and oxygen atoms in total. The van der Waals surface area contributed by atoms with Gasteiger partial charge in [0.15, 0.2) is 0 Å². The van der Waals surface area contributed by atoms with Crippen LogP contribution in [0.25, 0.3) is 0 Å². The number of halogens is 1. The van der Waals surface area contributed by atoms with E-state index in [4.69, 9.17) is 4.74 Å². The third kappa shape index (κ3) is 5.61. The number of benzene rings is 1. The number of rotatable bonds is 7. The molecule has 0 unspecified atom stereocenters. The highest BCUT2D eigenvalue weighted by Crippen LogP contribution is 2.22. The van der Waals surface area contributed by atoms with Crippen LogP contribution in [0.2, 0.25) is 0 Å². The summed E-state index contributed by atoms with van der Waals surface area (Å²) in [7, 11) is 5.68. The summed E-state index contributed by atoms with van der Waals surface area (Å²) < 4.78 is 5.90. The first kappa shape index (κ1) is 16.0. The molecule has 0 aliphatic heterocycles. The quantitative estimate of drug-likeness (QED) is 0.782. The Hall–Kier alpha value is -1.07. The van der Waals surface area contributed by atoms with E-state index in [1.807, 2.05) is 26.2 Å².